The van der Waals surface area contributed by atoms with Gasteiger partial charge in [0.25, 0.3) is 5.56 Å². The third-order valence-electron chi connectivity index (χ3n) is 3.91. The van der Waals surface area contributed by atoms with Gasteiger partial charge in [-0.2, -0.15) is 5.26 Å². The summed E-state index contributed by atoms with van der Waals surface area (Å²) in [5.41, 5.74) is 1.00. The summed E-state index contributed by atoms with van der Waals surface area (Å²) in [4.78, 5) is 17.2. The second-order valence-electron chi connectivity index (χ2n) is 5.66. The van der Waals surface area contributed by atoms with Crippen molar-refractivity contribution in [2.45, 2.75) is 6.61 Å². The minimum Gasteiger partial charge on any atom is -0.493 e. The molecule has 0 amide bonds. The molecule has 142 valence electrons. The molecule has 0 aliphatic heterocycles. The Hall–Kier alpha value is -2.79. The minimum atomic E-state index is -0.557. The van der Waals surface area contributed by atoms with E-state index in [9.17, 15) is 10.1 Å². The van der Waals surface area contributed by atoms with E-state index in [4.69, 9.17) is 44.9 Å². The van der Waals surface area contributed by atoms with Crippen LogP contribution in [0.5, 0.6) is 11.5 Å². The Morgan fingerprint density at radius 3 is 2.61 bits per heavy atom. The molecule has 0 fully saturated rings. The summed E-state index contributed by atoms with van der Waals surface area (Å²) in [5, 5.41) is 10.3. The van der Waals surface area contributed by atoms with Gasteiger partial charge in [-0.25, -0.2) is 0 Å². The monoisotopic (exact) mass is 433 g/mol. The Labute approximate surface area is 175 Å². The number of aromatic amines is 2. The van der Waals surface area contributed by atoms with Gasteiger partial charge in [0.2, 0.25) is 0 Å². The molecule has 0 aliphatic rings. The summed E-state index contributed by atoms with van der Waals surface area (Å²) >= 11 is 17.1. The number of rotatable bonds is 5. The zero-order valence-corrected chi connectivity index (χ0v) is 16.8. The van der Waals surface area contributed by atoms with Gasteiger partial charge < -0.3 is 14.5 Å². The number of hydrogen-bond donors (Lipinski definition) is 2. The molecular formula is C19H13Cl2N3O3S. The fraction of sp³-hybridized carbons (Fsp3) is 0.105. The Kier molecular flexibility index (Phi) is 6.05. The molecule has 0 saturated heterocycles. The van der Waals surface area contributed by atoms with Gasteiger partial charge in [-0.1, -0.05) is 29.3 Å². The van der Waals surface area contributed by atoms with Gasteiger partial charge >= 0.3 is 0 Å². The van der Waals surface area contributed by atoms with E-state index in [1.807, 2.05) is 6.07 Å². The highest BCUT2D eigenvalue weighted by Gasteiger charge is 2.14. The number of aromatic nitrogens is 2. The summed E-state index contributed by atoms with van der Waals surface area (Å²) in [5.74, 6) is 0.894. The number of nitriles is 1. The van der Waals surface area contributed by atoms with Crippen LogP contribution in [-0.2, 0) is 6.61 Å². The van der Waals surface area contributed by atoms with Crippen LogP contribution in [0, 0.1) is 16.1 Å². The van der Waals surface area contributed by atoms with Crippen molar-refractivity contribution in [1.82, 2.24) is 9.97 Å². The predicted octanol–water partition coefficient (Wildman–Crippen LogP) is 4.87. The van der Waals surface area contributed by atoms with Crippen LogP contribution >= 0.6 is 35.4 Å². The predicted molar refractivity (Wildman–Crippen MR) is 110 cm³/mol. The zero-order valence-electron chi connectivity index (χ0n) is 14.5. The lowest BCUT2D eigenvalue weighted by atomic mass is 10.1. The second kappa shape index (κ2) is 8.48. The first-order valence-corrected chi connectivity index (χ1v) is 9.11. The third kappa shape index (κ3) is 4.20. The van der Waals surface area contributed by atoms with Crippen LogP contribution < -0.4 is 15.0 Å². The number of benzene rings is 2. The molecule has 3 aromatic rings. The average Bonchev–Trinajstić information content (AvgIpc) is 2.66. The summed E-state index contributed by atoms with van der Waals surface area (Å²) < 4.78 is 11.3. The Balaban J connectivity index is 1.94. The SMILES string of the molecule is COc1cc(-c2[nH]c(=S)[nH]c(=O)c2C#N)ccc1OCc1ccc(Cl)cc1Cl. The third-order valence-corrected chi connectivity index (χ3v) is 4.70. The van der Waals surface area contributed by atoms with Crippen LogP contribution in [-0.4, -0.2) is 17.1 Å². The minimum absolute atomic E-state index is 0.0720. The van der Waals surface area contributed by atoms with E-state index < -0.39 is 5.56 Å². The van der Waals surface area contributed by atoms with Crippen LogP contribution in [0.1, 0.15) is 11.1 Å². The van der Waals surface area contributed by atoms with Crippen LogP contribution in [0.25, 0.3) is 11.3 Å². The Bertz CT molecular complexity index is 1200. The van der Waals surface area contributed by atoms with E-state index in [0.717, 1.165) is 5.56 Å². The maximum atomic E-state index is 12.0. The molecule has 2 aromatic carbocycles. The lowest BCUT2D eigenvalue weighted by Crippen LogP contribution is -2.13. The number of hydrogen-bond acceptors (Lipinski definition) is 5. The molecule has 0 unspecified atom stereocenters. The molecule has 3 rings (SSSR count). The van der Waals surface area contributed by atoms with E-state index in [1.165, 1.54) is 7.11 Å². The second-order valence-corrected chi connectivity index (χ2v) is 6.91. The molecule has 0 aliphatic carbocycles. The molecule has 1 aromatic heterocycles. The Morgan fingerprint density at radius 1 is 1.14 bits per heavy atom. The maximum absolute atomic E-state index is 12.0. The van der Waals surface area contributed by atoms with Crippen molar-refractivity contribution in [3.63, 3.8) is 0 Å². The van der Waals surface area contributed by atoms with Crippen molar-refractivity contribution < 1.29 is 9.47 Å². The van der Waals surface area contributed by atoms with Crippen molar-refractivity contribution in [2.24, 2.45) is 0 Å². The summed E-state index contributed by atoms with van der Waals surface area (Å²) in [6, 6.07) is 12.1. The smallest absolute Gasteiger partial charge is 0.270 e. The topological polar surface area (TPSA) is 90.9 Å². The van der Waals surface area contributed by atoms with Crippen molar-refractivity contribution in [3.8, 4) is 28.8 Å². The highest BCUT2D eigenvalue weighted by atomic mass is 35.5. The van der Waals surface area contributed by atoms with Crippen molar-refractivity contribution >= 4 is 35.4 Å². The van der Waals surface area contributed by atoms with Crippen LogP contribution in [0.2, 0.25) is 10.0 Å². The van der Waals surface area contributed by atoms with E-state index in [2.05, 4.69) is 9.97 Å². The summed E-state index contributed by atoms with van der Waals surface area (Å²) in [6.45, 7) is 0.211. The fourth-order valence-electron chi connectivity index (χ4n) is 2.55. The number of halogens is 2. The first-order chi connectivity index (χ1) is 13.4. The quantitative estimate of drug-likeness (QED) is 0.560. The largest absolute Gasteiger partial charge is 0.493 e. The lowest BCUT2D eigenvalue weighted by Gasteiger charge is -2.13. The summed E-state index contributed by atoms with van der Waals surface area (Å²) in [6.07, 6.45) is 0. The highest BCUT2D eigenvalue weighted by molar-refractivity contribution is 7.71. The zero-order chi connectivity index (χ0) is 20.3. The van der Waals surface area contributed by atoms with Crippen LogP contribution in [0.3, 0.4) is 0 Å². The fourth-order valence-corrected chi connectivity index (χ4v) is 3.20. The maximum Gasteiger partial charge on any atom is 0.270 e. The normalized spacial score (nSPS) is 10.4. The van der Waals surface area contributed by atoms with E-state index in [1.54, 1.807) is 36.4 Å². The van der Waals surface area contributed by atoms with Gasteiger partial charge in [0.05, 0.1) is 12.8 Å². The number of nitrogens with one attached hydrogen (secondary N) is 2. The standard InChI is InChI=1S/C19H13Cl2N3O3S/c1-26-16-6-10(17-13(8-22)18(25)24-19(28)23-17)3-5-15(16)27-9-11-2-4-12(20)7-14(11)21/h2-7H,9H2,1H3,(H2,23,24,25,28). The molecule has 2 N–H and O–H groups in total. The molecule has 1 heterocycles. The summed E-state index contributed by atoms with van der Waals surface area (Å²) in [7, 11) is 1.49. The molecule has 28 heavy (non-hydrogen) atoms. The molecule has 0 bridgehead atoms. The van der Waals surface area contributed by atoms with Crippen LogP contribution in [0.15, 0.2) is 41.2 Å². The van der Waals surface area contributed by atoms with Gasteiger partial charge in [-0.15, -0.1) is 0 Å². The van der Waals surface area contributed by atoms with E-state index in [0.29, 0.717) is 32.8 Å². The molecule has 6 nitrogen and oxygen atoms in total. The van der Waals surface area contributed by atoms with E-state index >= 15 is 0 Å². The first-order valence-electron chi connectivity index (χ1n) is 7.94. The van der Waals surface area contributed by atoms with Gasteiger partial charge in [0, 0.05) is 21.2 Å². The molecule has 0 atom stereocenters. The first kappa shape index (κ1) is 20.0. The number of nitrogens with zero attached hydrogens (tertiary/aromatic N) is 1. The van der Waals surface area contributed by atoms with Gasteiger partial charge in [0.1, 0.15) is 18.2 Å². The van der Waals surface area contributed by atoms with Crippen LogP contribution in [0.4, 0.5) is 0 Å². The van der Waals surface area contributed by atoms with Gasteiger partial charge in [-0.3, -0.25) is 9.78 Å². The number of ether oxygens (including phenoxy) is 2. The molecule has 9 heteroatoms. The molecular weight excluding hydrogens is 421 g/mol. The van der Waals surface area contributed by atoms with Crippen molar-refractivity contribution in [3.05, 3.63) is 72.7 Å². The number of methoxy groups -OCH3 is 1. The average molecular weight is 434 g/mol. The Morgan fingerprint density at radius 2 is 1.93 bits per heavy atom. The van der Waals surface area contributed by atoms with Gasteiger partial charge in [0.15, 0.2) is 16.3 Å². The molecule has 0 radical (unpaired) electrons. The van der Waals surface area contributed by atoms with Gasteiger partial charge in [-0.05, 0) is 42.5 Å². The van der Waals surface area contributed by atoms with E-state index in [-0.39, 0.29) is 16.9 Å². The van der Waals surface area contributed by atoms with Crippen molar-refractivity contribution in [2.75, 3.05) is 7.11 Å². The lowest BCUT2D eigenvalue weighted by molar-refractivity contribution is 0.284. The molecule has 0 saturated carbocycles. The molecule has 0 spiro atoms. The van der Waals surface area contributed by atoms with Crippen molar-refractivity contribution in [1.29, 1.82) is 5.26 Å². The highest BCUT2D eigenvalue weighted by Crippen LogP contribution is 2.33. The number of H-pyrrole nitrogens is 2.